The number of hydrogen-bond donors (Lipinski definition) is 0. The summed E-state index contributed by atoms with van der Waals surface area (Å²) in [5.74, 6) is 0. The molecule has 1 aliphatic carbocycles. The maximum Gasteiger partial charge on any atom is 0.159 e. The molecule has 3 heteroatoms. The first kappa shape index (κ1) is 34.4. The van der Waals surface area contributed by atoms with Gasteiger partial charge < -0.3 is 13.7 Å². The number of fused-ring (bicyclic) bond motifs is 9. The number of anilines is 3. The van der Waals surface area contributed by atoms with Gasteiger partial charge in [-0.05, 0) is 110 Å². The molecule has 60 heavy (non-hydrogen) atoms. The Morgan fingerprint density at radius 2 is 0.900 bits per heavy atom. The van der Waals surface area contributed by atoms with Crippen LogP contribution >= 0.6 is 0 Å². The molecule has 0 saturated carbocycles. The molecule has 3 nitrogen and oxygen atoms in total. The minimum atomic E-state index is -0.153. The van der Waals surface area contributed by atoms with E-state index in [1.807, 2.05) is 6.07 Å². The van der Waals surface area contributed by atoms with Crippen LogP contribution in [0, 0.1) is 0 Å². The minimum absolute atomic E-state index is 0.153. The van der Waals surface area contributed by atoms with Crippen molar-refractivity contribution >= 4 is 60.9 Å². The number of benzene rings is 9. The Hall–Kier alpha value is -7.62. The first-order valence-electron chi connectivity index (χ1n) is 20.7. The zero-order chi connectivity index (χ0) is 40.0. The summed E-state index contributed by atoms with van der Waals surface area (Å²) in [5.41, 5.74) is 18.6. The summed E-state index contributed by atoms with van der Waals surface area (Å²) in [4.78, 5) is 2.37. The quantitative estimate of drug-likeness (QED) is 0.169. The minimum Gasteiger partial charge on any atom is -0.456 e. The van der Waals surface area contributed by atoms with Crippen LogP contribution in [0.15, 0.2) is 209 Å². The van der Waals surface area contributed by atoms with E-state index < -0.39 is 0 Å². The lowest BCUT2D eigenvalue weighted by atomic mass is 9.82. The molecular formula is C57H39NO2. The van der Waals surface area contributed by atoms with Crippen LogP contribution in [0.2, 0.25) is 0 Å². The first-order valence-corrected chi connectivity index (χ1v) is 20.7. The van der Waals surface area contributed by atoms with Crippen LogP contribution in [-0.2, 0) is 5.41 Å². The van der Waals surface area contributed by atoms with Gasteiger partial charge >= 0.3 is 0 Å². The highest BCUT2D eigenvalue weighted by Gasteiger charge is 2.36. The highest BCUT2D eigenvalue weighted by Crippen LogP contribution is 2.52. The summed E-state index contributed by atoms with van der Waals surface area (Å²) in [6.07, 6.45) is 0. The predicted octanol–water partition coefficient (Wildman–Crippen LogP) is 16.3. The molecule has 0 spiro atoms. The molecule has 2 heterocycles. The smallest absolute Gasteiger partial charge is 0.159 e. The van der Waals surface area contributed by atoms with Gasteiger partial charge in [0, 0.05) is 38.3 Å². The molecule has 12 rings (SSSR count). The number of furan rings is 2. The Balaban J connectivity index is 1.02. The van der Waals surface area contributed by atoms with Gasteiger partial charge in [-0.25, -0.2) is 0 Å². The SMILES string of the molecule is CC1(C)c2ccccc2-c2ccc(N(c3cccc(-c4ccc(-c5ccccc5)cc4)c3)c3cccc4c3oc3cc5c(cc34)oc3cc(-c4ccccc4)ccc35)cc21. The Kier molecular flexibility index (Phi) is 7.58. The molecule has 0 bridgehead atoms. The Morgan fingerprint density at radius 3 is 1.68 bits per heavy atom. The second-order valence-corrected chi connectivity index (χ2v) is 16.5. The van der Waals surface area contributed by atoms with E-state index in [-0.39, 0.29) is 5.41 Å². The fourth-order valence-corrected chi connectivity index (χ4v) is 9.61. The van der Waals surface area contributed by atoms with Crippen LogP contribution < -0.4 is 4.90 Å². The van der Waals surface area contributed by atoms with E-state index in [0.29, 0.717) is 0 Å². The zero-order valence-electron chi connectivity index (χ0n) is 33.3. The maximum absolute atomic E-state index is 7.00. The average molecular weight is 770 g/mol. The normalized spacial score (nSPS) is 13.0. The van der Waals surface area contributed by atoms with E-state index in [1.165, 1.54) is 38.9 Å². The van der Waals surface area contributed by atoms with Crippen molar-refractivity contribution in [2.75, 3.05) is 4.90 Å². The number of nitrogens with zero attached hydrogens (tertiary/aromatic N) is 1. The monoisotopic (exact) mass is 769 g/mol. The van der Waals surface area contributed by atoms with Gasteiger partial charge in [-0.1, -0.05) is 159 Å². The van der Waals surface area contributed by atoms with Gasteiger partial charge in [0.05, 0.1) is 5.69 Å². The van der Waals surface area contributed by atoms with Gasteiger partial charge in [-0.2, -0.15) is 0 Å². The molecule has 0 amide bonds. The number of rotatable bonds is 6. The lowest BCUT2D eigenvalue weighted by Gasteiger charge is -2.28. The third kappa shape index (κ3) is 5.36. The fraction of sp³-hybridized carbons (Fsp3) is 0.0526. The van der Waals surface area contributed by atoms with Crippen LogP contribution in [0.25, 0.3) is 88.4 Å². The van der Waals surface area contributed by atoms with Crippen LogP contribution in [0.1, 0.15) is 25.0 Å². The van der Waals surface area contributed by atoms with Crippen molar-refractivity contribution in [1.82, 2.24) is 0 Å². The standard InChI is InChI=1S/C57H39NO2/c1-57(2)50-21-10-9-19-44(50)45-30-28-43(33-51(45)57)58(42-18-11-17-40(31-42)39-25-23-38(24-26-39)36-13-5-3-6-14-36)52-22-12-20-47-49-35-54-48(34-55(49)60-56(47)52)46-29-27-41(32-53(46)59-54)37-15-7-4-8-16-37/h3-35H,1-2H3. The van der Waals surface area contributed by atoms with E-state index in [4.69, 9.17) is 8.83 Å². The van der Waals surface area contributed by atoms with E-state index in [1.54, 1.807) is 0 Å². The van der Waals surface area contributed by atoms with Crippen molar-refractivity contribution in [3.63, 3.8) is 0 Å². The number of para-hydroxylation sites is 1. The molecule has 9 aromatic carbocycles. The van der Waals surface area contributed by atoms with Crippen LogP contribution in [0.3, 0.4) is 0 Å². The van der Waals surface area contributed by atoms with Crippen LogP contribution in [0.4, 0.5) is 17.1 Å². The Morgan fingerprint density at radius 1 is 0.350 bits per heavy atom. The summed E-state index contributed by atoms with van der Waals surface area (Å²) in [5, 5.41) is 4.19. The van der Waals surface area contributed by atoms with Crippen molar-refractivity contribution in [2.24, 2.45) is 0 Å². The molecule has 2 aromatic heterocycles. The summed E-state index contributed by atoms with van der Waals surface area (Å²) in [7, 11) is 0. The molecular weight excluding hydrogens is 731 g/mol. The average Bonchev–Trinajstić information content (AvgIpc) is 3.93. The topological polar surface area (TPSA) is 29.5 Å². The molecule has 0 aliphatic heterocycles. The zero-order valence-corrected chi connectivity index (χ0v) is 33.3. The summed E-state index contributed by atoms with van der Waals surface area (Å²) in [6.45, 7) is 4.68. The van der Waals surface area contributed by atoms with E-state index >= 15 is 0 Å². The molecule has 0 atom stereocenters. The Labute approximate surface area is 348 Å². The van der Waals surface area contributed by atoms with Crippen molar-refractivity contribution in [3.8, 4) is 44.5 Å². The highest BCUT2D eigenvalue weighted by molar-refractivity contribution is 6.17. The van der Waals surface area contributed by atoms with E-state index in [0.717, 1.165) is 77.6 Å². The third-order valence-corrected chi connectivity index (χ3v) is 12.7. The van der Waals surface area contributed by atoms with Gasteiger partial charge in [0.2, 0.25) is 0 Å². The predicted molar refractivity (Wildman–Crippen MR) is 250 cm³/mol. The van der Waals surface area contributed by atoms with E-state index in [9.17, 15) is 0 Å². The first-order chi connectivity index (χ1) is 29.5. The van der Waals surface area contributed by atoms with Gasteiger partial charge in [0.15, 0.2) is 5.58 Å². The van der Waals surface area contributed by atoms with E-state index in [2.05, 4.69) is 213 Å². The molecule has 0 unspecified atom stereocenters. The maximum atomic E-state index is 7.00. The summed E-state index contributed by atoms with van der Waals surface area (Å²) < 4.78 is 13.6. The summed E-state index contributed by atoms with van der Waals surface area (Å²) >= 11 is 0. The second kappa shape index (κ2) is 13.2. The van der Waals surface area contributed by atoms with Gasteiger partial charge in [0.1, 0.15) is 16.7 Å². The number of hydrogen-bond acceptors (Lipinski definition) is 3. The van der Waals surface area contributed by atoms with Crippen molar-refractivity contribution in [3.05, 3.63) is 211 Å². The van der Waals surface area contributed by atoms with Crippen LogP contribution in [0.5, 0.6) is 0 Å². The van der Waals surface area contributed by atoms with Gasteiger partial charge in [-0.3, -0.25) is 0 Å². The van der Waals surface area contributed by atoms with Crippen molar-refractivity contribution in [1.29, 1.82) is 0 Å². The lowest BCUT2D eigenvalue weighted by molar-refractivity contribution is 0.660. The van der Waals surface area contributed by atoms with Gasteiger partial charge in [-0.15, -0.1) is 0 Å². The summed E-state index contributed by atoms with van der Waals surface area (Å²) in [6, 6.07) is 71.8. The Bertz CT molecular complexity index is 3450. The van der Waals surface area contributed by atoms with Gasteiger partial charge in [0.25, 0.3) is 0 Å². The molecule has 0 N–H and O–H groups in total. The van der Waals surface area contributed by atoms with Crippen molar-refractivity contribution < 1.29 is 8.83 Å². The fourth-order valence-electron chi connectivity index (χ4n) is 9.61. The second-order valence-electron chi connectivity index (χ2n) is 16.5. The molecule has 1 aliphatic rings. The lowest BCUT2D eigenvalue weighted by Crippen LogP contribution is -2.16. The molecule has 0 radical (unpaired) electrons. The molecule has 0 saturated heterocycles. The third-order valence-electron chi connectivity index (χ3n) is 12.7. The van der Waals surface area contributed by atoms with Crippen molar-refractivity contribution in [2.45, 2.75) is 19.3 Å². The molecule has 0 fully saturated rings. The van der Waals surface area contributed by atoms with Crippen LogP contribution in [-0.4, -0.2) is 0 Å². The molecule has 284 valence electrons. The molecule has 11 aromatic rings. The highest BCUT2D eigenvalue weighted by atomic mass is 16.3. The largest absolute Gasteiger partial charge is 0.456 e.